The Kier molecular flexibility index (Phi) is 5.07. The molecule has 0 saturated carbocycles. The monoisotopic (exact) mass is 426 g/mol. The highest BCUT2D eigenvalue weighted by molar-refractivity contribution is 7.13. The van der Waals surface area contributed by atoms with Gasteiger partial charge in [0.1, 0.15) is 11.1 Å². The number of halogens is 1. The van der Waals surface area contributed by atoms with Crippen LogP contribution in [0.1, 0.15) is 10.4 Å². The molecular weight excluding hydrogens is 416 g/mol. The molecule has 0 aliphatic carbocycles. The summed E-state index contributed by atoms with van der Waals surface area (Å²) in [7, 11) is 0. The van der Waals surface area contributed by atoms with Crippen LogP contribution in [-0.4, -0.2) is 15.8 Å². The number of carbonyl (C=O) groups is 1. The summed E-state index contributed by atoms with van der Waals surface area (Å²) in [6.45, 7) is 0. The van der Waals surface area contributed by atoms with Crippen LogP contribution in [-0.2, 0) is 0 Å². The number of aromatic nitrogens is 1. The van der Waals surface area contributed by atoms with Crippen LogP contribution in [0.15, 0.2) is 69.5 Å². The van der Waals surface area contributed by atoms with E-state index >= 15 is 0 Å². The molecule has 1 amide bonds. The van der Waals surface area contributed by atoms with E-state index in [0.717, 1.165) is 0 Å². The number of carbonyl (C=O) groups excluding carboxylic acids is 1. The number of nitro groups is 1. The van der Waals surface area contributed by atoms with Crippen LogP contribution in [0.25, 0.3) is 11.0 Å². The summed E-state index contributed by atoms with van der Waals surface area (Å²) in [6, 6.07) is 12.3. The molecule has 0 aliphatic rings. The zero-order chi connectivity index (χ0) is 20.4. The lowest BCUT2D eigenvalue weighted by molar-refractivity contribution is -0.384. The molecule has 0 radical (unpaired) electrons. The van der Waals surface area contributed by atoms with Gasteiger partial charge in [0.05, 0.1) is 10.6 Å². The Hall–Kier alpha value is -3.56. The fraction of sp³-hybridized carbons (Fsp3) is 0. The molecule has 10 heteroatoms. The van der Waals surface area contributed by atoms with Gasteiger partial charge in [0.15, 0.2) is 5.13 Å². The largest absolute Gasteiger partial charge is 0.438 e. The lowest BCUT2D eigenvalue weighted by Gasteiger charge is -2.05. The molecule has 0 bridgehead atoms. The van der Waals surface area contributed by atoms with Gasteiger partial charge in [-0.3, -0.25) is 20.2 Å². The number of fused-ring (bicyclic) bond motifs is 1. The number of nitrogens with zero attached hydrogens (tertiary/aromatic N) is 3. The molecule has 2 heterocycles. The Morgan fingerprint density at radius 2 is 2.00 bits per heavy atom. The molecule has 0 saturated heterocycles. The molecular formula is C19H11ClN4O4S. The van der Waals surface area contributed by atoms with E-state index < -0.39 is 10.8 Å². The van der Waals surface area contributed by atoms with Gasteiger partial charge < -0.3 is 4.42 Å². The maximum Gasteiger partial charge on any atom is 0.270 e. The molecule has 0 atom stereocenters. The highest BCUT2D eigenvalue weighted by Gasteiger charge is 2.16. The van der Waals surface area contributed by atoms with E-state index in [1.807, 2.05) is 0 Å². The van der Waals surface area contributed by atoms with Crippen molar-refractivity contribution in [2.24, 2.45) is 4.99 Å². The first kappa shape index (κ1) is 18.8. The molecule has 1 N–H and O–H groups in total. The number of nitrogens with one attached hydrogen (secondary N) is 1. The van der Waals surface area contributed by atoms with Crippen LogP contribution in [0.5, 0.6) is 0 Å². The average molecular weight is 427 g/mol. The summed E-state index contributed by atoms with van der Waals surface area (Å²) in [5, 5.41) is 16.8. The molecule has 2 aromatic carbocycles. The topological polar surface area (TPSA) is 111 Å². The molecule has 144 valence electrons. The number of rotatable bonds is 4. The lowest BCUT2D eigenvalue weighted by atomic mass is 10.1. The van der Waals surface area contributed by atoms with Gasteiger partial charge in [-0.1, -0.05) is 11.6 Å². The van der Waals surface area contributed by atoms with Crippen molar-refractivity contribution < 1.29 is 14.1 Å². The Morgan fingerprint density at radius 3 is 2.69 bits per heavy atom. The minimum atomic E-state index is -0.513. The quantitative estimate of drug-likeness (QED) is 0.367. The normalized spacial score (nSPS) is 11.6. The predicted molar refractivity (Wildman–Crippen MR) is 110 cm³/mol. The molecule has 4 aromatic rings. The Labute approximate surface area is 172 Å². The summed E-state index contributed by atoms with van der Waals surface area (Å²) >= 11 is 7.16. The van der Waals surface area contributed by atoms with E-state index in [2.05, 4.69) is 15.3 Å². The van der Waals surface area contributed by atoms with Gasteiger partial charge in [-0.15, -0.1) is 11.3 Å². The first-order valence-electron chi connectivity index (χ1n) is 8.23. The van der Waals surface area contributed by atoms with E-state index in [4.69, 9.17) is 16.0 Å². The van der Waals surface area contributed by atoms with Gasteiger partial charge in [0.25, 0.3) is 11.6 Å². The van der Waals surface area contributed by atoms with Gasteiger partial charge in [-0.2, -0.15) is 0 Å². The van der Waals surface area contributed by atoms with E-state index in [1.54, 1.807) is 35.8 Å². The van der Waals surface area contributed by atoms with Crippen molar-refractivity contribution in [2.45, 2.75) is 0 Å². The third-order valence-electron chi connectivity index (χ3n) is 3.90. The molecule has 29 heavy (non-hydrogen) atoms. The Bertz CT molecular complexity index is 1280. The smallest absolute Gasteiger partial charge is 0.270 e. The molecule has 4 rings (SSSR count). The molecule has 8 nitrogen and oxygen atoms in total. The fourth-order valence-corrected chi connectivity index (χ4v) is 3.21. The van der Waals surface area contributed by atoms with Crippen LogP contribution in [0, 0.1) is 10.1 Å². The molecule has 0 unspecified atom stereocenters. The van der Waals surface area contributed by atoms with Crippen molar-refractivity contribution >= 4 is 56.3 Å². The number of hydrogen-bond acceptors (Lipinski definition) is 7. The summed E-state index contributed by atoms with van der Waals surface area (Å²) in [4.78, 5) is 31.8. The van der Waals surface area contributed by atoms with Gasteiger partial charge in [-0.05, 0) is 36.4 Å². The van der Waals surface area contributed by atoms with Crippen molar-refractivity contribution in [1.29, 1.82) is 0 Å². The second-order valence-electron chi connectivity index (χ2n) is 5.82. The minimum absolute atomic E-state index is 0.0581. The molecule has 2 aromatic heterocycles. The summed E-state index contributed by atoms with van der Waals surface area (Å²) in [5.74, 6) is -0.496. The van der Waals surface area contributed by atoms with Crippen LogP contribution in [0.3, 0.4) is 0 Å². The number of non-ortho nitro benzene ring substituents is 1. The van der Waals surface area contributed by atoms with E-state index in [9.17, 15) is 14.9 Å². The Balaban J connectivity index is 1.88. The predicted octanol–water partition coefficient (Wildman–Crippen LogP) is 4.94. The van der Waals surface area contributed by atoms with Crippen LogP contribution < -0.4 is 10.9 Å². The molecule has 0 spiro atoms. The third kappa shape index (κ3) is 4.15. The molecule has 0 fully saturated rings. The number of nitro benzene ring substituents is 1. The average Bonchev–Trinajstić information content (AvgIpc) is 3.21. The van der Waals surface area contributed by atoms with Crippen molar-refractivity contribution in [1.82, 2.24) is 4.98 Å². The summed E-state index contributed by atoms with van der Waals surface area (Å²) in [6.07, 6.45) is 1.56. The number of hydrogen-bond donors (Lipinski definition) is 1. The van der Waals surface area contributed by atoms with Crippen LogP contribution >= 0.6 is 22.9 Å². The first-order chi connectivity index (χ1) is 14.0. The number of thiazole rings is 1. The third-order valence-corrected chi connectivity index (χ3v) is 4.84. The highest BCUT2D eigenvalue weighted by Crippen LogP contribution is 2.22. The maximum absolute atomic E-state index is 12.8. The summed E-state index contributed by atoms with van der Waals surface area (Å²) in [5.41, 5.74) is 0.948. The van der Waals surface area contributed by atoms with E-state index in [1.165, 1.54) is 35.6 Å². The van der Waals surface area contributed by atoms with Crippen molar-refractivity contribution in [2.75, 3.05) is 5.32 Å². The van der Waals surface area contributed by atoms with Crippen molar-refractivity contribution in [3.63, 3.8) is 0 Å². The second-order valence-corrected chi connectivity index (χ2v) is 7.16. The first-order valence-corrected chi connectivity index (χ1v) is 9.49. The van der Waals surface area contributed by atoms with E-state index in [0.29, 0.717) is 26.8 Å². The SMILES string of the molecule is O=C(Nc1nccs1)c1cc2cc([N+](=O)[O-])ccc2oc1=Nc1ccc(Cl)cc1. The van der Waals surface area contributed by atoms with Crippen LogP contribution in [0.4, 0.5) is 16.5 Å². The van der Waals surface area contributed by atoms with Gasteiger partial charge in [0, 0.05) is 34.1 Å². The second kappa shape index (κ2) is 7.82. The van der Waals surface area contributed by atoms with Crippen molar-refractivity contribution in [3.05, 3.63) is 86.4 Å². The highest BCUT2D eigenvalue weighted by atomic mass is 35.5. The number of amides is 1. The lowest BCUT2D eigenvalue weighted by Crippen LogP contribution is -2.21. The minimum Gasteiger partial charge on any atom is -0.438 e. The van der Waals surface area contributed by atoms with Crippen LogP contribution in [0.2, 0.25) is 5.02 Å². The Morgan fingerprint density at radius 1 is 1.21 bits per heavy atom. The zero-order valence-electron chi connectivity index (χ0n) is 14.5. The van der Waals surface area contributed by atoms with Gasteiger partial charge >= 0.3 is 0 Å². The van der Waals surface area contributed by atoms with Gasteiger partial charge in [0.2, 0.25) is 5.55 Å². The summed E-state index contributed by atoms with van der Waals surface area (Å²) < 4.78 is 5.80. The fourth-order valence-electron chi connectivity index (χ4n) is 2.56. The maximum atomic E-state index is 12.8. The number of anilines is 1. The van der Waals surface area contributed by atoms with Crippen molar-refractivity contribution in [3.8, 4) is 0 Å². The van der Waals surface area contributed by atoms with E-state index in [-0.39, 0.29) is 16.8 Å². The zero-order valence-corrected chi connectivity index (χ0v) is 16.1. The molecule has 0 aliphatic heterocycles. The van der Waals surface area contributed by atoms with Gasteiger partial charge in [-0.25, -0.2) is 9.98 Å². The number of benzene rings is 2. The standard InChI is InChI=1S/C19H11ClN4O4S/c20-12-1-3-13(4-2-12)22-18-15(17(25)23-19-21-7-8-29-19)10-11-9-14(24(26)27)5-6-16(11)28-18/h1-10H,(H,21,23,25).